The molecule has 7 heteroatoms. The van der Waals surface area contributed by atoms with Crippen molar-refractivity contribution in [3.8, 4) is 11.1 Å². The first-order chi connectivity index (χ1) is 23.9. The van der Waals surface area contributed by atoms with E-state index in [1.165, 1.54) is 77.3 Å². The number of hydrogen-bond acceptors (Lipinski definition) is 2. The molecule has 3 aromatic heterocycles. The van der Waals surface area contributed by atoms with Crippen molar-refractivity contribution in [3.63, 3.8) is 0 Å². The molecule has 0 bridgehead atoms. The quantitative estimate of drug-likeness (QED) is 0.123. The Morgan fingerprint density at radius 2 is 1.10 bits per heavy atom. The molecule has 4 nitrogen and oxygen atoms in total. The maximum atomic E-state index is 4.62. The van der Waals surface area contributed by atoms with E-state index < -0.39 is 0 Å². The van der Waals surface area contributed by atoms with E-state index >= 15 is 0 Å². The van der Waals surface area contributed by atoms with Gasteiger partial charge in [0.25, 0.3) is 0 Å². The van der Waals surface area contributed by atoms with Gasteiger partial charge in [0.1, 0.15) is 5.65 Å². The van der Waals surface area contributed by atoms with Crippen LogP contribution in [0.5, 0.6) is 0 Å². The predicted molar refractivity (Wildman–Crippen MR) is 239 cm³/mol. The van der Waals surface area contributed by atoms with Crippen LogP contribution in [0.1, 0.15) is 51.3 Å². The monoisotopic (exact) mass is 990 g/mol. The number of rotatable bonds is 6. The number of hydrogen-bond donors (Lipinski definition) is 0. The topological polar surface area (TPSA) is 26.0 Å². The smallest absolute Gasteiger partial charge is 0.149 e. The van der Waals surface area contributed by atoms with Crippen LogP contribution < -0.4 is 3.11 Å². The van der Waals surface area contributed by atoms with Gasteiger partial charge in [-0.25, -0.2) is 4.98 Å². The molecule has 0 saturated heterocycles. The molecule has 0 aliphatic carbocycles. The number of benzene rings is 5. The molecular weight excluding hydrogens is 953 g/mol. The van der Waals surface area contributed by atoms with E-state index in [-0.39, 0.29) is 10.8 Å². The van der Waals surface area contributed by atoms with Crippen molar-refractivity contribution >= 4 is 124 Å². The molecule has 50 heavy (non-hydrogen) atoms. The number of nitrogens with zero attached hydrogens (tertiary/aromatic N) is 4. The summed E-state index contributed by atoms with van der Waals surface area (Å²) in [6.45, 7) is 11.5. The summed E-state index contributed by atoms with van der Waals surface area (Å²) in [5, 5.41) is 4.99. The van der Waals surface area contributed by atoms with E-state index in [1.54, 1.807) is 0 Å². The fourth-order valence-corrected chi connectivity index (χ4v) is 9.41. The van der Waals surface area contributed by atoms with E-state index in [0.717, 1.165) is 12.1 Å². The zero-order valence-corrected chi connectivity index (χ0v) is 35.1. The van der Waals surface area contributed by atoms with Crippen LogP contribution in [0, 0.1) is 0 Å². The minimum absolute atomic E-state index is 0.0265. The second kappa shape index (κ2) is 12.8. The SMILES string of the molecule is CC(C)(C)c1ccc(N(I)c2ccc(C(C)(C)Cc3ccc4c5ccc(-c6ccc7c8cccnc8n(I)c7c6)cc5n(I)c4c3)cc2)cc1. The second-order valence-electron chi connectivity index (χ2n) is 14.9. The summed E-state index contributed by atoms with van der Waals surface area (Å²) in [7, 11) is 0. The normalized spacial score (nSPS) is 12.5. The van der Waals surface area contributed by atoms with E-state index in [4.69, 9.17) is 0 Å². The Labute approximate surface area is 335 Å². The van der Waals surface area contributed by atoms with Gasteiger partial charge < -0.3 is 0 Å². The third-order valence-electron chi connectivity index (χ3n) is 10.1. The van der Waals surface area contributed by atoms with Gasteiger partial charge in [-0.1, -0.05) is 95.3 Å². The van der Waals surface area contributed by atoms with Gasteiger partial charge in [-0.2, -0.15) is 0 Å². The van der Waals surface area contributed by atoms with Crippen molar-refractivity contribution in [2.75, 3.05) is 3.11 Å². The maximum absolute atomic E-state index is 4.62. The molecule has 8 aromatic rings. The molecule has 250 valence electrons. The number of fused-ring (bicyclic) bond motifs is 6. The van der Waals surface area contributed by atoms with Gasteiger partial charge in [0.2, 0.25) is 0 Å². The summed E-state index contributed by atoms with van der Waals surface area (Å²) in [5.41, 5.74) is 13.6. The largest absolute Gasteiger partial charge is 0.283 e. The molecule has 0 N–H and O–H groups in total. The third-order valence-corrected chi connectivity index (χ3v) is 13.2. The Morgan fingerprint density at radius 3 is 1.70 bits per heavy atom. The Bertz CT molecular complexity index is 2550. The van der Waals surface area contributed by atoms with Crippen LogP contribution in [0.15, 0.2) is 121 Å². The second-order valence-corrected chi connectivity index (χ2v) is 17.8. The van der Waals surface area contributed by atoms with Gasteiger partial charge >= 0.3 is 0 Å². The fraction of sp³-hybridized carbons (Fsp3) is 0.186. The standard InChI is InChI=1S/C43H37I3N4/c1-42(2,3)30-11-15-32(16-12-30)48(44)33-17-13-31(14-18-33)43(4,5)26-27-8-19-34-35-20-9-28(24-39(35)49(45)38(34)23-27)29-10-21-36-37-7-6-22-47-41(37)50(46)40(36)25-29/h6-25H,26H2,1-5H3. The fourth-order valence-electron chi connectivity index (χ4n) is 7.18. The summed E-state index contributed by atoms with van der Waals surface area (Å²) in [5.74, 6) is 0. The zero-order chi connectivity index (χ0) is 34.9. The molecule has 0 saturated carbocycles. The zero-order valence-electron chi connectivity index (χ0n) is 28.7. The van der Waals surface area contributed by atoms with E-state index in [0.29, 0.717) is 0 Å². The number of aromatic nitrogens is 3. The van der Waals surface area contributed by atoms with Crippen LogP contribution in [0.2, 0.25) is 0 Å². The van der Waals surface area contributed by atoms with Crippen molar-refractivity contribution in [1.29, 1.82) is 0 Å². The van der Waals surface area contributed by atoms with Crippen LogP contribution in [0.25, 0.3) is 54.9 Å². The maximum Gasteiger partial charge on any atom is 0.149 e. The lowest BCUT2D eigenvalue weighted by molar-refractivity contribution is 0.523. The van der Waals surface area contributed by atoms with Crippen LogP contribution in [-0.4, -0.2) is 10.5 Å². The number of anilines is 2. The molecule has 0 aliphatic rings. The molecule has 0 radical (unpaired) electrons. The molecule has 3 heterocycles. The Balaban J connectivity index is 1.05. The van der Waals surface area contributed by atoms with Gasteiger partial charge in [-0.05, 0) is 99.7 Å². The van der Waals surface area contributed by atoms with Gasteiger partial charge in [-0.15, -0.1) is 0 Å². The molecule has 0 fully saturated rings. The van der Waals surface area contributed by atoms with E-state index in [1.807, 2.05) is 12.3 Å². The summed E-state index contributed by atoms with van der Waals surface area (Å²) < 4.78 is 6.73. The molecule has 5 aromatic carbocycles. The molecule has 0 amide bonds. The summed E-state index contributed by atoms with van der Waals surface area (Å²) >= 11 is 7.26. The minimum Gasteiger partial charge on any atom is -0.283 e. The Hall–Kier alpha value is -3.16. The molecule has 0 aliphatic heterocycles. The lowest BCUT2D eigenvalue weighted by Crippen LogP contribution is -2.20. The van der Waals surface area contributed by atoms with Crippen molar-refractivity contribution in [3.05, 3.63) is 138 Å². The summed E-state index contributed by atoms with van der Waals surface area (Å²) in [6.07, 6.45) is 2.81. The first kappa shape index (κ1) is 34.0. The van der Waals surface area contributed by atoms with Gasteiger partial charge in [0.15, 0.2) is 0 Å². The molecular formula is C43H37I3N4. The van der Waals surface area contributed by atoms with Crippen molar-refractivity contribution in [1.82, 2.24) is 10.5 Å². The highest BCUT2D eigenvalue weighted by Gasteiger charge is 2.23. The average molecular weight is 991 g/mol. The molecule has 8 rings (SSSR count). The first-order valence-electron chi connectivity index (χ1n) is 16.8. The van der Waals surface area contributed by atoms with E-state index in [2.05, 4.69) is 226 Å². The van der Waals surface area contributed by atoms with Crippen molar-refractivity contribution < 1.29 is 0 Å². The van der Waals surface area contributed by atoms with Crippen molar-refractivity contribution in [2.24, 2.45) is 0 Å². The Kier molecular flexibility index (Phi) is 8.70. The Morgan fingerprint density at radius 1 is 0.580 bits per heavy atom. The summed E-state index contributed by atoms with van der Waals surface area (Å²) in [6, 6.07) is 42.8. The molecule has 0 spiro atoms. The highest BCUT2D eigenvalue weighted by molar-refractivity contribution is 14.1. The predicted octanol–water partition coefficient (Wildman–Crippen LogP) is 13.7. The number of pyridine rings is 1. The third kappa shape index (κ3) is 6.00. The number of halogens is 3. The highest BCUT2D eigenvalue weighted by Crippen LogP contribution is 2.39. The average Bonchev–Trinajstić information content (AvgIpc) is 3.56. The van der Waals surface area contributed by atoms with Gasteiger partial charge in [0, 0.05) is 27.7 Å². The summed E-state index contributed by atoms with van der Waals surface area (Å²) in [4.78, 5) is 4.62. The highest BCUT2D eigenvalue weighted by atomic mass is 127. The van der Waals surface area contributed by atoms with Crippen LogP contribution >= 0.6 is 68.6 Å². The molecule has 0 atom stereocenters. The minimum atomic E-state index is -0.0265. The van der Waals surface area contributed by atoms with Crippen LogP contribution in [0.4, 0.5) is 11.4 Å². The van der Waals surface area contributed by atoms with Gasteiger partial charge in [-0.3, -0.25) is 8.67 Å². The first-order valence-corrected chi connectivity index (χ1v) is 19.7. The lowest BCUT2D eigenvalue weighted by atomic mass is 9.79. The molecule has 0 unspecified atom stereocenters. The van der Waals surface area contributed by atoms with E-state index in [9.17, 15) is 0 Å². The van der Waals surface area contributed by atoms with Crippen LogP contribution in [-0.2, 0) is 17.3 Å². The van der Waals surface area contributed by atoms with Crippen molar-refractivity contribution in [2.45, 2.75) is 51.9 Å². The van der Waals surface area contributed by atoms with Crippen LogP contribution in [0.3, 0.4) is 0 Å². The lowest BCUT2D eigenvalue weighted by Gasteiger charge is -2.27. The van der Waals surface area contributed by atoms with Gasteiger partial charge in [0.05, 0.1) is 96.5 Å².